The van der Waals surface area contributed by atoms with Crippen molar-refractivity contribution in [3.8, 4) is 0 Å². The van der Waals surface area contributed by atoms with Crippen LogP contribution in [0.15, 0.2) is 34.9 Å². The summed E-state index contributed by atoms with van der Waals surface area (Å²) < 4.78 is 5.93. The number of fused-ring (bicyclic) bond motifs is 5. The number of hydrogen-bond donors (Lipinski definition) is 4. The molecule has 4 aliphatic rings. The summed E-state index contributed by atoms with van der Waals surface area (Å²) in [5.41, 5.74) is -3.91. The zero-order chi connectivity index (χ0) is 24.0. The van der Waals surface area contributed by atoms with Crippen LogP contribution >= 0.6 is 0 Å². The fourth-order valence-corrected chi connectivity index (χ4v) is 7.10. The Kier molecular flexibility index (Phi) is 5.00. The fourth-order valence-electron chi connectivity index (χ4n) is 7.10. The Balaban J connectivity index is 1.89. The van der Waals surface area contributed by atoms with E-state index >= 15 is 0 Å². The predicted octanol–water partition coefficient (Wildman–Crippen LogP) is 1.45. The Morgan fingerprint density at radius 2 is 1.88 bits per heavy atom. The van der Waals surface area contributed by atoms with Gasteiger partial charge in [0.25, 0.3) is 0 Å². The van der Waals surface area contributed by atoms with Crippen molar-refractivity contribution in [2.45, 2.75) is 70.9 Å². The highest BCUT2D eigenvalue weighted by molar-refractivity contribution is 6.04. The van der Waals surface area contributed by atoms with E-state index in [1.54, 1.807) is 39.8 Å². The molecule has 8 atom stereocenters. The average Bonchev–Trinajstić information content (AvgIpc) is 3.12. The van der Waals surface area contributed by atoms with Crippen LogP contribution in [0.4, 0.5) is 0 Å². The third-order valence-electron chi connectivity index (χ3n) is 8.67. The van der Waals surface area contributed by atoms with Gasteiger partial charge in [-0.05, 0) is 31.9 Å². The topological polar surface area (TPSA) is 124 Å². The summed E-state index contributed by atoms with van der Waals surface area (Å²) in [4.78, 5) is 25.6. The molecule has 0 radical (unpaired) electrons. The van der Waals surface area contributed by atoms with E-state index in [1.807, 2.05) is 13.8 Å². The first kappa shape index (κ1) is 23.4. The Labute approximate surface area is 188 Å². The van der Waals surface area contributed by atoms with Gasteiger partial charge < -0.3 is 25.2 Å². The highest BCUT2D eigenvalue weighted by Gasteiger charge is 2.86. The van der Waals surface area contributed by atoms with Gasteiger partial charge in [-0.2, -0.15) is 0 Å². The van der Waals surface area contributed by atoms with Crippen molar-refractivity contribution in [1.29, 1.82) is 0 Å². The first-order valence-corrected chi connectivity index (χ1v) is 11.2. The Morgan fingerprint density at radius 3 is 2.44 bits per heavy atom. The summed E-state index contributed by atoms with van der Waals surface area (Å²) in [5, 5.41) is 45.2. The van der Waals surface area contributed by atoms with Crippen molar-refractivity contribution in [3.05, 3.63) is 34.9 Å². The lowest BCUT2D eigenvalue weighted by Gasteiger charge is -2.52. The van der Waals surface area contributed by atoms with E-state index in [4.69, 9.17) is 4.74 Å². The van der Waals surface area contributed by atoms with Gasteiger partial charge in [0.05, 0.1) is 18.3 Å². The molecule has 4 aliphatic carbocycles. The number of ketones is 1. The first-order chi connectivity index (χ1) is 14.7. The van der Waals surface area contributed by atoms with Crippen LogP contribution < -0.4 is 0 Å². The number of ether oxygens (including phenoxy) is 1. The molecule has 0 amide bonds. The molecular weight excluding hydrogens is 412 g/mol. The molecule has 4 N–H and O–H groups in total. The summed E-state index contributed by atoms with van der Waals surface area (Å²) in [6, 6.07) is 0. The van der Waals surface area contributed by atoms with Gasteiger partial charge in [0.2, 0.25) is 0 Å². The van der Waals surface area contributed by atoms with Crippen molar-refractivity contribution in [2.75, 3.05) is 6.61 Å². The van der Waals surface area contributed by atoms with Gasteiger partial charge in [-0.15, -0.1) is 0 Å². The van der Waals surface area contributed by atoms with Crippen LogP contribution in [0.1, 0.15) is 48.0 Å². The molecule has 0 bridgehead atoms. The van der Waals surface area contributed by atoms with Crippen LogP contribution in [0.25, 0.3) is 0 Å². The summed E-state index contributed by atoms with van der Waals surface area (Å²) >= 11 is 0. The number of rotatable bonds is 3. The number of aliphatic hydroxyl groups is 4. The fraction of sp³-hybridized carbons (Fsp3) is 0.680. The highest BCUT2D eigenvalue weighted by Crippen LogP contribution is 2.76. The Morgan fingerprint density at radius 1 is 1.25 bits per heavy atom. The predicted molar refractivity (Wildman–Crippen MR) is 116 cm³/mol. The standard InChI is InChI=1S/C25H34O7/c1-12(2)7-18(27)32-25-19(22(25,5)6)16-9-15(11-26)10-23(30)17(8-13(3)20(23)28)24(16,31)14(4)21(25)29/h7-9,14,16-17,19,21,26,29-31H,10-11H2,1-6H3/t14-,16+,17-,19-,21-,23-,24-,25-/m1/s1. The Hall–Kier alpha value is -1.80. The van der Waals surface area contributed by atoms with Crippen LogP contribution in [0.5, 0.6) is 0 Å². The minimum absolute atomic E-state index is 0.0971. The monoisotopic (exact) mass is 446 g/mol. The van der Waals surface area contributed by atoms with Gasteiger partial charge in [0, 0.05) is 41.6 Å². The van der Waals surface area contributed by atoms with Crippen molar-refractivity contribution >= 4 is 11.8 Å². The lowest BCUT2D eigenvalue weighted by molar-refractivity contribution is -0.217. The zero-order valence-electron chi connectivity index (χ0n) is 19.5. The molecule has 0 aromatic heterocycles. The van der Waals surface area contributed by atoms with E-state index < -0.39 is 63.7 Å². The number of carbonyl (C=O) groups is 2. The third kappa shape index (κ3) is 2.62. The molecular formula is C25H34O7. The second-order valence-corrected chi connectivity index (χ2v) is 11.0. The van der Waals surface area contributed by atoms with Crippen molar-refractivity contribution < 1.29 is 34.8 Å². The number of Topliss-reactive ketones (excluding diaryl/α,β-unsaturated/α-hetero) is 1. The normalized spacial score (nSPS) is 46.1. The van der Waals surface area contributed by atoms with E-state index in [0.29, 0.717) is 11.1 Å². The Bertz CT molecular complexity index is 971. The van der Waals surface area contributed by atoms with Gasteiger partial charge in [0.1, 0.15) is 11.2 Å². The molecule has 0 spiro atoms. The van der Waals surface area contributed by atoms with Gasteiger partial charge >= 0.3 is 5.97 Å². The molecule has 176 valence electrons. The first-order valence-electron chi connectivity index (χ1n) is 11.2. The van der Waals surface area contributed by atoms with Gasteiger partial charge in [-0.3, -0.25) is 4.79 Å². The molecule has 4 rings (SSSR count). The highest BCUT2D eigenvalue weighted by atomic mass is 16.6. The van der Waals surface area contributed by atoms with Gasteiger partial charge in [-0.1, -0.05) is 38.5 Å². The van der Waals surface area contributed by atoms with E-state index in [9.17, 15) is 30.0 Å². The maximum absolute atomic E-state index is 12.9. The maximum atomic E-state index is 12.9. The van der Waals surface area contributed by atoms with E-state index in [2.05, 4.69) is 0 Å². The van der Waals surface area contributed by atoms with E-state index in [1.165, 1.54) is 6.08 Å². The minimum Gasteiger partial charge on any atom is -0.452 e. The number of aliphatic hydroxyl groups excluding tert-OH is 2. The second kappa shape index (κ2) is 6.86. The summed E-state index contributed by atoms with van der Waals surface area (Å²) in [6.45, 7) is 10.2. The van der Waals surface area contributed by atoms with Gasteiger partial charge in [0.15, 0.2) is 5.78 Å². The molecule has 0 aromatic carbocycles. The van der Waals surface area contributed by atoms with Gasteiger partial charge in [-0.25, -0.2) is 4.79 Å². The number of carbonyl (C=O) groups excluding carboxylic acids is 2. The molecule has 0 aliphatic heterocycles. The summed E-state index contributed by atoms with van der Waals surface area (Å²) in [7, 11) is 0. The molecule has 2 saturated carbocycles. The lowest BCUT2D eigenvalue weighted by Crippen LogP contribution is -2.65. The summed E-state index contributed by atoms with van der Waals surface area (Å²) in [5.74, 6) is -3.92. The lowest BCUT2D eigenvalue weighted by atomic mass is 9.59. The quantitative estimate of drug-likeness (QED) is 0.294. The van der Waals surface area contributed by atoms with Crippen LogP contribution in [-0.2, 0) is 14.3 Å². The molecule has 0 unspecified atom stereocenters. The molecule has 7 nitrogen and oxygen atoms in total. The number of esters is 1. The summed E-state index contributed by atoms with van der Waals surface area (Å²) in [6.07, 6.45) is 3.40. The SMILES string of the molecule is CC(C)=CC(=O)O[C@@]12[C@H](O)[C@@H](C)[C@@]3(O)[C@@H](C=C(CO)C[C@]4(O)C(=O)C(C)=C[C@@H]34)[C@@H]1C2(C)C. The van der Waals surface area contributed by atoms with Crippen LogP contribution in [0.3, 0.4) is 0 Å². The van der Waals surface area contributed by atoms with Crippen LogP contribution in [0.2, 0.25) is 0 Å². The largest absolute Gasteiger partial charge is 0.452 e. The molecule has 7 heteroatoms. The third-order valence-corrected chi connectivity index (χ3v) is 8.67. The van der Waals surface area contributed by atoms with Crippen molar-refractivity contribution in [3.63, 3.8) is 0 Å². The molecule has 0 heterocycles. The maximum Gasteiger partial charge on any atom is 0.331 e. The number of hydrogen-bond acceptors (Lipinski definition) is 7. The second-order valence-electron chi connectivity index (χ2n) is 11.0. The van der Waals surface area contributed by atoms with Crippen molar-refractivity contribution in [2.24, 2.45) is 29.1 Å². The van der Waals surface area contributed by atoms with E-state index in [-0.39, 0.29) is 13.0 Å². The van der Waals surface area contributed by atoms with Crippen molar-refractivity contribution in [1.82, 2.24) is 0 Å². The molecule has 2 fully saturated rings. The molecule has 0 aromatic rings. The van der Waals surface area contributed by atoms with Crippen LogP contribution in [-0.4, -0.2) is 61.7 Å². The smallest absolute Gasteiger partial charge is 0.331 e. The molecule has 32 heavy (non-hydrogen) atoms. The van der Waals surface area contributed by atoms with E-state index in [0.717, 1.165) is 5.57 Å². The number of allylic oxidation sites excluding steroid dienone is 1. The van der Waals surface area contributed by atoms with Crippen LogP contribution in [0, 0.1) is 29.1 Å². The average molecular weight is 447 g/mol. The zero-order valence-corrected chi connectivity index (χ0v) is 19.5. The molecule has 0 saturated heterocycles. The minimum atomic E-state index is -1.89.